The van der Waals surface area contributed by atoms with Gasteiger partial charge >= 0.3 is 6.09 Å². The Kier molecular flexibility index (Phi) is 4.69. The fourth-order valence-corrected chi connectivity index (χ4v) is 2.96. The second-order valence-corrected chi connectivity index (χ2v) is 7.37. The summed E-state index contributed by atoms with van der Waals surface area (Å²) < 4.78 is 19.5. The molecule has 0 bridgehead atoms. The van der Waals surface area contributed by atoms with Gasteiger partial charge in [-0.05, 0) is 32.9 Å². The average Bonchev–Trinajstić information content (AvgIpc) is 2.53. The number of aromatic nitrogens is 2. The number of fused-ring (bicyclic) bond motifs is 1. The van der Waals surface area contributed by atoms with Crippen LogP contribution >= 0.6 is 11.6 Å². The number of piperazine rings is 1. The summed E-state index contributed by atoms with van der Waals surface area (Å²) in [5, 5.41) is 0.867. The predicted octanol–water partition coefficient (Wildman–Crippen LogP) is 3.48. The van der Waals surface area contributed by atoms with Gasteiger partial charge in [-0.3, -0.25) is 0 Å². The number of benzene rings is 1. The third kappa shape index (κ3) is 3.92. The van der Waals surface area contributed by atoms with Crippen molar-refractivity contribution in [3.63, 3.8) is 0 Å². The molecule has 8 heteroatoms. The van der Waals surface area contributed by atoms with E-state index in [1.807, 2.05) is 25.7 Å². The Balaban J connectivity index is 1.78. The Morgan fingerprint density at radius 1 is 1.20 bits per heavy atom. The van der Waals surface area contributed by atoms with Crippen molar-refractivity contribution in [1.29, 1.82) is 0 Å². The zero-order chi connectivity index (χ0) is 18.2. The molecule has 1 aliphatic rings. The van der Waals surface area contributed by atoms with Crippen LogP contribution in [-0.4, -0.2) is 52.7 Å². The minimum absolute atomic E-state index is 0.240. The highest BCUT2D eigenvalue weighted by atomic mass is 35.5. The predicted molar refractivity (Wildman–Crippen MR) is 94.5 cm³/mol. The van der Waals surface area contributed by atoms with E-state index < -0.39 is 11.4 Å². The molecule has 0 radical (unpaired) electrons. The van der Waals surface area contributed by atoms with E-state index in [1.54, 1.807) is 11.0 Å². The van der Waals surface area contributed by atoms with E-state index in [0.717, 1.165) is 0 Å². The Hall–Kier alpha value is -2.15. The Bertz CT molecular complexity index is 801. The number of nitrogens with zero attached hydrogens (tertiary/aromatic N) is 4. The number of carbonyl (C=O) groups is 1. The molecule has 0 N–H and O–H groups in total. The third-order valence-corrected chi connectivity index (χ3v) is 4.09. The standard InChI is InChI=1S/C17H20ClFN4O2/c1-17(2,3)25-16(24)23-6-4-22(5-7-23)15-12-8-11(18)9-13(19)14(12)20-10-21-15/h8-10H,4-7H2,1-3H3. The third-order valence-electron chi connectivity index (χ3n) is 3.87. The summed E-state index contributed by atoms with van der Waals surface area (Å²) in [4.78, 5) is 24.1. The van der Waals surface area contributed by atoms with E-state index >= 15 is 0 Å². The van der Waals surface area contributed by atoms with Crippen molar-refractivity contribution < 1.29 is 13.9 Å². The second-order valence-electron chi connectivity index (χ2n) is 6.94. The Morgan fingerprint density at radius 3 is 2.52 bits per heavy atom. The molecule has 0 saturated carbocycles. The van der Waals surface area contributed by atoms with Crippen LogP contribution in [0.25, 0.3) is 10.9 Å². The summed E-state index contributed by atoms with van der Waals surface area (Å²) >= 11 is 5.98. The largest absolute Gasteiger partial charge is 0.444 e. The fourth-order valence-electron chi connectivity index (χ4n) is 2.76. The molecule has 0 atom stereocenters. The Morgan fingerprint density at radius 2 is 1.88 bits per heavy atom. The summed E-state index contributed by atoms with van der Waals surface area (Å²) in [5.41, 5.74) is -0.283. The molecule has 1 amide bonds. The number of hydrogen-bond acceptors (Lipinski definition) is 5. The quantitative estimate of drug-likeness (QED) is 0.773. The van der Waals surface area contributed by atoms with Crippen LogP contribution in [0.3, 0.4) is 0 Å². The SMILES string of the molecule is CC(C)(C)OC(=O)N1CCN(c2ncnc3c(F)cc(Cl)cc23)CC1. The maximum atomic E-state index is 14.1. The van der Waals surface area contributed by atoms with Gasteiger partial charge in [0.15, 0.2) is 5.82 Å². The van der Waals surface area contributed by atoms with Crippen LogP contribution < -0.4 is 4.90 Å². The van der Waals surface area contributed by atoms with E-state index in [2.05, 4.69) is 9.97 Å². The number of ether oxygens (including phenoxy) is 1. The molecule has 0 aliphatic carbocycles. The molecule has 0 unspecified atom stereocenters. The molecular formula is C17H20ClFN4O2. The van der Waals surface area contributed by atoms with Crippen molar-refractivity contribution >= 4 is 34.4 Å². The van der Waals surface area contributed by atoms with Crippen molar-refractivity contribution in [3.8, 4) is 0 Å². The molecule has 2 heterocycles. The fraction of sp³-hybridized carbons (Fsp3) is 0.471. The highest BCUT2D eigenvalue weighted by Crippen LogP contribution is 2.28. The van der Waals surface area contributed by atoms with Gasteiger partial charge in [0, 0.05) is 36.6 Å². The van der Waals surface area contributed by atoms with E-state index in [0.29, 0.717) is 42.4 Å². The van der Waals surface area contributed by atoms with Gasteiger partial charge in [-0.15, -0.1) is 0 Å². The lowest BCUT2D eigenvalue weighted by atomic mass is 10.2. The summed E-state index contributed by atoms with van der Waals surface area (Å²) in [5.74, 6) is 0.147. The lowest BCUT2D eigenvalue weighted by Crippen LogP contribution is -2.50. The van der Waals surface area contributed by atoms with Crippen LogP contribution in [0.4, 0.5) is 15.0 Å². The van der Waals surface area contributed by atoms with E-state index in [-0.39, 0.29) is 11.6 Å². The molecule has 134 valence electrons. The molecule has 1 aromatic carbocycles. The monoisotopic (exact) mass is 366 g/mol. The first-order valence-electron chi connectivity index (χ1n) is 8.07. The highest BCUT2D eigenvalue weighted by molar-refractivity contribution is 6.31. The maximum absolute atomic E-state index is 14.1. The zero-order valence-electron chi connectivity index (χ0n) is 14.4. The number of amides is 1. The maximum Gasteiger partial charge on any atom is 0.410 e. The summed E-state index contributed by atoms with van der Waals surface area (Å²) in [6.07, 6.45) is 1.02. The van der Waals surface area contributed by atoms with Crippen molar-refractivity contribution in [2.24, 2.45) is 0 Å². The van der Waals surface area contributed by atoms with E-state index in [9.17, 15) is 9.18 Å². The van der Waals surface area contributed by atoms with Crippen LogP contribution in [0.15, 0.2) is 18.5 Å². The normalized spacial score (nSPS) is 15.6. The number of carbonyl (C=O) groups excluding carboxylic acids is 1. The van der Waals surface area contributed by atoms with Crippen molar-refractivity contribution in [3.05, 3.63) is 29.3 Å². The first-order chi connectivity index (χ1) is 11.7. The molecule has 1 aromatic heterocycles. The molecule has 1 fully saturated rings. The summed E-state index contributed by atoms with van der Waals surface area (Å²) in [6.45, 7) is 7.66. The number of rotatable bonds is 1. The molecule has 6 nitrogen and oxygen atoms in total. The molecule has 25 heavy (non-hydrogen) atoms. The highest BCUT2D eigenvalue weighted by Gasteiger charge is 2.27. The number of hydrogen-bond donors (Lipinski definition) is 0. The topological polar surface area (TPSA) is 58.6 Å². The minimum Gasteiger partial charge on any atom is -0.444 e. The van der Waals surface area contributed by atoms with Gasteiger partial charge in [-0.25, -0.2) is 19.2 Å². The van der Waals surface area contributed by atoms with Crippen molar-refractivity contribution in [2.45, 2.75) is 26.4 Å². The van der Waals surface area contributed by atoms with Crippen LogP contribution in [0.5, 0.6) is 0 Å². The molecule has 3 rings (SSSR count). The van der Waals surface area contributed by atoms with E-state index in [1.165, 1.54) is 12.4 Å². The van der Waals surface area contributed by atoms with Gasteiger partial charge in [0.25, 0.3) is 0 Å². The van der Waals surface area contributed by atoms with Crippen molar-refractivity contribution in [1.82, 2.24) is 14.9 Å². The van der Waals surface area contributed by atoms with Gasteiger partial charge in [-0.1, -0.05) is 11.6 Å². The van der Waals surface area contributed by atoms with Crippen LogP contribution in [0.2, 0.25) is 5.02 Å². The smallest absolute Gasteiger partial charge is 0.410 e. The second kappa shape index (κ2) is 6.63. The van der Waals surface area contributed by atoms with Crippen LogP contribution in [-0.2, 0) is 4.74 Å². The molecule has 1 saturated heterocycles. The van der Waals surface area contributed by atoms with Crippen LogP contribution in [0, 0.1) is 5.82 Å². The molecular weight excluding hydrogens is 347 g/mol. The van der Waals surface area contributed by atoms with E-state index in [4.69, 9.17) is 16.3 Å². The molecule has 2 aromatic rings. The van der Waals surface area contributed by atoms with Gasteiger partial charge in [0.1, 0.15) is 23.3 Å². The van der Waals surface area contributed by atoms with Gasteiger partial charge in [-0.2, -0.15) is 0 Å². The van der Waals surface area contributed by atoms with Gasteiger partial charge in [0.2, 0.25) is 0 Å². The zero-order valence-corrected chi connectivity index (χ0v) is 15.2. The average molecular weight is 367 g/mol. The van der Waals surface area contributed by atoms with Crippen molar-refractivity contribution in [2.75, 3.05) is 31.1 Å². The first-order valence-corrected chi connectivity index (χ1v) is 8.45. The lowest BCUT2D eigenvalue weighted by Gasteiger charge is -2.36. The van der Waals surface area contributed by atoms with Gasteiger partial charge < -0.3 is 14.5 Å². The number of anilines is 1. The minimum atomic E-state index is -0.522. The first kappa shape index (κ1) is 17.7. The summed E-state index contributed by atoms with van der Waals surface area (Å²) in [6, 6.07) is 2.90. The Labute approximate surface area is 150 Å². The molecule has 0 spiro atoms. The molecule has 1 aliphatic heterocycles. The number of halogens is 2. The van der Waals surface area contributed by atoms with Gasteiger partial charge in [0.05, 0.1) is 0 Å². The summed E-state index contributed by atoms with van der Waals surface area (Å²) in [7, 11) is 0. The lowest BCUT2D eigenvalue weighted by molar-refractivity contribution is 0.0240. The van der Waals surface area contributed by atoms with Crippen LogP contribution in [0.1, 0.15) is 20.8 Å².